The summed E-state index contributed by atoms with van der Waals surface area (Å²) in [4.78, 5) is 25.8. The van der Waals surface area contributed by atoms with Crippen molar-refractivity contribution in [2.24, 2.45) is 0 Å². The molecule has 0 radical (unpaired) electrons. The van der Waals surface area contributed by atoms with E-state index in [1.54, 1.807) is 31.0 Å². The number of carbonyl (C=O) groups is 2. The molecule has 1 aromatic rings. The van der Waals surface area contributed by atoms with Gasteiger partial charge in [0.1, 0.15) is 0 Å². The van der Waals surface area contributed by atoms with E-state index in [0.717, 1.165) is 6.42 Å². The molecule has 116 valence electrons. The summed E-state index contributed by atoms with van der Waals surface area (Å²) < 4.78 is 0. The molecule has 0 aromatic heterocycles. The Hall–Kier alpha value is -1.10. The maximum atomic E-state index is 12.4. The number of benzene rings is 1. The van der Waals surface area contributed by atoms with Gasteiger partial charge in [-0.1, -0.05) is 30.1 Å². The van der Waals surface area contributed by atoms with Crippen LogP contribution in [0.5, 0.6) is 0 Å². The Morgan fingerprint density at radius 2 is 2.00 bits per heavy atom. The molecule has 1 unspecified atom stereocenters. The summed E-state index contributed by atoms with van der Waals surface area (Å²) in [5, 5.41) is 3.59. The lowest BCUT2D eigenvalue weighted by Crippen LogP contribution is -2.43. The van der Waals surface area contributed by atoms with Crippen molar-refractivity contribution in [2.45, 2.75) is 26.3 Å². The first-order valence-electron chi connectivity index (χ1n) is 6.83. The van der Waals surface area contributed by atoms with Crippen LogP contribution in [0.1, 0.15) is 30.6 Å². The van der Waals surface area contributed by atoms with Gasteiger partial charge in [-0.15, -0.1) is 0 Å². The Bertz CT molecular complexity index is 520. The van der Waals surface area contributed by atoms with Crippen molar-refractivity contribution in [1.29, 1.82) is 0 Å². The maximum Gasteiger partial charge on any atom is 0.234 e. The average Bonchev–Trinajstić information content (AvgIpc) is 2.43. The number of halogens is 2. The second-order valence-electron chi connectivity index (χ2n) is 4.93. The van der Waals surface area contributed by atoms with Gasteiger partial charge in [-0.3, -0.25) is 14.5 Å². The third-order valence-corrected chi connectivity index (χ3v) is 3.75. The summed E-state index contributed by atoms with van der Waals surface area (Å²) in [5.74, 6) is -0.233. The van der Waals surface area contributed by atoms with Crippen LogP contribution in [0.25, 0.3) is 0 Å². The van der Waals surface area contributed by atoms with Gasteiger partial charge in [-0.25, -0.2) is 0 Å². The van der Waals surface area contributed by atoms with Crippen molar-refractivity contribution in [2.75, 3.05) is 20.1 Å². The van der Waals surface area contributed by atoms with Crippen LogP contribution in [0.2, 0.25) is 10.0 Å². The first-order chi connectivity index (χ1) is 9.86. The van der Waals surface area contributed by atoms with Crippen molar-refractivity contribution in [3.05, 3.63) is 33.8 Å². The van der Waals surface area contributed by atoms with E-state index in [9.17, 15) is 9.59 Å². The molecule has 6 heteroatoms. The number of ketones is 1. The van der Waals surface area contributed by atoms with E-state index in [1.807, 2.05) is 6.92 Å². The fourth-order valence-electron chi connectivity index (χ4n) is 1.80. The Kier molecular flexibility index (Phi) is 7.15. The number of rotatable bonds is 7. The highest BCUT2D eigenvalue weighted by Gasteiger charge is 2.23. The number of Topliss-reactive ketones (excluding diaryl/α,β-unsaturated/α-hetero) is 1. The second-order valence-corrected chi connectivity index (χ2v) is 5.77. The fourth-order valence-corrected chi connectivity index (χ4v) is 2.30. The van der Waals surface area contributed by atoms with Crippen LogP contribution >= 0.6 is 23.2 Å². The van der Waals surface area contributed by atoms with E-state index in [-0.39, 0.29) is 18.2 Å². The molecule has 0 aliphatic heterocycles. The number of hydrogen-bond donors (Lipinski definition) is 1. The molecule has 21 heavy (non-hydrogen) atoms. The van der Waals surface area contributed by atoms with Crippen LogP contribution < -0.4 is 5.32 Å². The summed E-state index contributed by atoms with van der Waals surface area (Å²) in [6.07, 6.45) is 0.879. The number of amides is 1. The highest BCUT2D eigenvalue weighted by molar-refractivity contribution is 6.37. The zero-order valence-corrected chi connectivity index (χ0v) is 14.0. The second kappa shape index (κ2) is 8.37. The summed E-state index contributed by atoms with van der Waals surface area (Å²) >= 11 is 11.9. The van der Waals surface area contributed by atoms with Crippen LogP contribution in [-0.2, 0) is 4.79 Å². The molecule has 1 N–H and O–H groups in total. The van der Waals surface area contributed by atoms with Gasteiger partial charge in [-0.05, 0) is 38.6 Å². The van der Waals surface area contributed by atoms with E-state index in [2.05, 4.69) is 5.32 Å². The predicted octanol–water partition coefficient (Wildman–Crippen LogP) is 3.02. The zero-order chi connectivity index (χ0) is 16.0. The first kappa shape index (κ1) is 18.0. The van der Waals surface area contributed by atoms with E-state index < -0.39 is 6.04 Å². The molecule has 1 amide bonds. The van der Waals surface area contributed by atoms with Crippen LogP contribution in [0.4, 0.5) is 0 Å². The first-order valence-corrected chi connectivity index (χ1v) is 7.58. The Balaban J connectivity index is 2.70. The highest BCUT2D eigenvalue weighted by Crippen LogP contribution is 2.22. The molecule has 0 saturated heterocycles. The minimum Gasteiger partial charge on any atom is -0.355 e. The summed E-state index contributed by atoms with van der Waals surface area (Å²) in [7, 11) is 1.73. The minimum absolute atomic E-state index is 0.0961. The Morgan fingerprint density at radius 1 is 1.33 bits per heavy atom. The van der Waals surface area contributed by atoms with Crippen molar-refractivity contribution >= 4 is 34.9 Å². The topological polar surface area (TPSA) is 49.4 Å². The quantitative estimate of drug-likeness (QED) is 0.782. The number of nitrogens with zero attached hydrogens (tertiary/aromatic N) is 1. The Labute approximate surface area is 135 Å². The molecule has 0 bridgehead atoms. The molecule has 0 saturated carbocycles. The molecule has 0 heterocycles. The lowest BCUT2D eigenvalue weighted by atomic mass is 10.0. The number of carbonyl (C=O) groups excluding carboxylic acids is 2. The van der Waals surface area contributed by atoms with E-state index >= 15 is 0 Å². The van der Waals surface area contributed by atoms with Crippen LogP contribution in [0.3, 0.4) is 0 Å². The number of hydrogen-bond acceptors (Lipinski definition) is 3. The molecule has 0 spiro atoms. The van der Waals surface area contributed by atoms with Gasteiger partial charge in [0.2, 0.25) is 5.91 Å². The van der Waals surface area contributed by atoms with Crippen LogP contribution in [0.15, 0.2) is 18.2 Å². The zero-order valence-electron chi connectivity index (χ0n) is 12.5. The monoisotopic (exact) mass is 330 g/mol. The molecule has 1 atom stereocenters. The molecule has 4 nitrogen and oxygen atoms in total. The number of nitrogens with one attached hydrogen (secondary N) is 1. The van der Waals surface area contributed by atoms with Gasteiger partial charge in [-0.2, -0.15) is 0 Å². The van der Waals surface area contributed by atoms with Crippen LogP contribution in [-0.4, -0.2) is 42.8 Å². The van der Waals surface area contributed by atoms with Crippen molar-refractivity contribution in [1.82, 2.24) is 10.2 Å². The third-order valence-electron chi connectivity index (χ3n) is 3.20. The fraction of sp³-hybridized carbons (Fsp3) is 0.467. The normalized spacial score (nSPS) is 12.3. The van der Waals surface area contributed by atoms with Crippen molar-refractivity contribution < 1.29 is 9.59 Å². The van der Waals surface area contributed by atoms with Gasteiger partial charge in [0, 0.05) is 17.1 Å². The minimum atomic E-state index is -0.448. The predicted molar refractivity (Wildman–Crippen MR) is 86.2 cm³/mol. The Morgan fingerprint density at radius 3 is 2.57 bits per heavy atom. The van der Waals surface area contributed by atoms with E-state index in [4.69, 9.17) is 23.2 Å². The maximum absolute atomic E-state index is 12.4. The van der Waals surface area contributed by atoms with Gasteiger partial charge in [0.05, 0.1) is 17.6 Å². The molecule has 0 fully saturated rings. The van der Waals surface area contributed by atoms with Crippen LogP contribution in [0, 0.1) is 0 Å². The lowest BCUT2D eigenvalue weighted by Gasteiger charge is -2.23. The summed E-state index contributed by atoms with van der Waals surface area (Å²) in [6.45, 7) is 4.54. The summed E-state index contributed by atoms with van der Waals surface area (Å²) in [5.41, 5.74) is 0.411. The van der Waals surface area contributed by atoms with Gasteiger partial charge in [0.25, 0.3) is 0 Å². The van der Waals surface area contributed by atoms with Gasteiger partial charge < -0.3 is 5.32 Å². The molecule has 1 aromatic carbocycles. The standard InChI is InChI=1S/C15H20Cl2N2O2/c1-4-7-18-14(20)9-19(3)10(2)15(21)12-6-5-11(16)8-13(12)17/h5-6,8,10H,4,7,9H2,1-3H3,(H,18,20). The van der Waals surface area contributed by atoms with E-state index in [0.29, 0.717) is 22.2 Å². The SMILES string of the molecule is CCCNC(=O)CN(C)C(C)C(=O)c1ccc(Cl)cc1Cl. The largest absolute Gasteiger partial charge is 0.355 e. The molecular weight excluding hydrogens is 311 g/mol. The highest BCUT2D eigenvalue weighted by atomic mass is 35.5. The molecule has 1 rings (SSSR count). The average molecular weight is 331 g/mol. The lowest BCUT2D eigenvalue weighted by molar-refractivity contribution is -0.122. The smallest absolute Gasteiger partial charge is 0.234 e. The third kappa shape index (κ3) is 5.30. The van der Waals surface area contributed by atoms with Crippen molar-refractivity contribution in [3.8, 4) is 0 Å². The van der Waals surface area contributed by atoms with Gasteiger partial charge in [0.15, 0.2) is 5.78 Å². The number of likely N-dealkylation sites (N-methyl/N-ethyl adjacent to an activating group) is 1. The molecule has 0 aliphatic rings. The molecule has 0 aliphatic carbocycles. The molecular formula is C15H20Cl2N2O2. The van der Waals surface area contributed by atoms with E-state index in [1.165, 1.54) is 6.07 Å². The summed E-state index contributed by atoms with van der Waals surface area (Å²) in [6, 6.07) is 4.32. The van der Waals surface area contributed by atoms with Gasteiger partial charge >= 0.3 is 0 Å². The van der Waals surface area contributed by atoms with Crippen molar-refractivity contribution in [3.63, 3.8) is 0 Å².